The number of ether oxygens (including phenoxy) is 4. The normalized spacial score (nSPS) is 15.6. The van der Waals surface area contributed by atoms with Gasteiger partial charge in [0.25, 0.3) is 0 Å². The van der Waals surface area contributed by atoms with Gasteiger partial charge in [-0.25, -0.2) is 0 Å². The van der Waals surface area contributed by atoms with Gasteiger partial charge in [0.2, 0.25) is 5.75 Å². The van der Waals surface area contributed by atoms with Crippen LogP contribution in [0, 0.1) is 0 Å². The molecule has 1 saturated heterocycles. The molecule has 1 aliphatic heterocycles. The fourth-order valence-electron chi connectivity index (χ4n) is 3.81. The number of halogens is 1. The minimum atomic E-state index is -0.00939. The summed E-state index contributed by atoms with van der Waals surface area (Å²) in [6, 6.07) is 10.2. The lowest BCUT2D eigenvalue weighted by Crippen LogP contribution is -2.45. The van der Waals surface area contributed by atoms with Gasteiger partial charge in [0.15, 0.2) is 11.5 Å². The van der Waals surface area contributed by atoms with Crippen molar-refractivity contribution in [2.75, 3.05) is 54.1 Å². The van der Waals surface area contributed by atoms with Crippen LogP contribution < -0.4 is 24.3 Å². The first-order valence-electron chi connectivity index (χ1n) is 9.79. The van der Waals surface area contributed by atoms with Crippen molar-refractivity contribution in [3.8, 4) is 23.0 Å². The Labute approximate surface area is 181 Å². The number of nitrogens with zero attached hydrogens (tertiary/aromatic N) is 1. The van der Waals surface area contributed by atoms with Crippen LogP contribution >= 0.6 is 15.9 Å². The maximum Gasteiger partial charge on any atom is 0.203 e. The molecule has 3 rings (SSSR count). The molecule has 1 N–H and O–H groups in total. The molecule has 2 aromatic carbocycles. The van der Waals surface area contributed by atoms with Crippen molar-refractivity contribution in [3.63, 3.8) is 0 Å². The Morgan fingerprint density at radius 3 is 2.17 bits per heavy atom. The quantitative estimate of drug-likeness (QED) is 0.639. The van der Waals surface area contributed by atoms with Gasteiger partial charge in [-0.3, -0.25) is 4.90 Å². The van der Waals surface area contributed by atoms with Gasteiger partial charge in [0.05, 0.1) is 34.0 Å². The number of nitrogens with one attached hydrogen (secondary N) is 1. The second-order valence-corrected chi connectivity index (χ2v) is 7.68. The average Bonchev–Trinajstić information content (AvgIpc) is 2.75. The Bertz CT molecular complexity index is 799. The van der Waals surface area contributed by atoms with Gasteiger partial charge in [-0.05, 0) is 42.8 Å². The lowest BCUT2D eigenvalue weighted by atomic mass is 9.94. The van der Waals surface area contributed by atoms with E-state index < -0.39 is 0 Å². The largest absolute Gasteiger partial charge is 0.494 e. The molecule has 1 heterocycles. The summed E-state index contributed by atoms with van der Waals surface area (Å²) in [4.78, 5) is 2.46. The second kappa shape index (κ2) is 10.2. The van der Waals surface area contributed by atoms with E-state index in [9.17, 15) is 0 Å². The van der Waals surface area contributed by atoms with Crippen LogP contribution in [0.3, 0.4) is 0 Å². The Morgan fingerprint density at radius 2 is 1.62 bits per heavy atom. The number of rotatable bonds is 8. The van der Waals surface area contributed by atoms with E-state index in [1.54, 1.807) is 21.3 Å². The van der Waals surface area contributed by atoms with E-state index in [-0.39, 0.29) is 6.04 Å². The maximum atomic E-state index is 5.99. The zero-order valence-electron chi connectivity index (χ0n) is 17.5. The van der Waals surface area contributed by atoms with Crippen LogP contribution in [0.4, 0.5) is 0 Å². The Hall–Kier alpha value is -1.96. The molecule has 6 nitrogen and oxygen atoms in total. The third kappa shape index (κ3) is 4.79. The fourth-order valence-corrected chi connectivity index (χ4v) is 4.19. The number of benzene rings is 2. The van der Waals surface area contributed by atoms with Crippen molar-refractivity contribution in [2.24, 2.45) is 0 Å². The molecule has 2 aromatic rings. The van der Waals surface area contributed by atoms with E-state index in [1.807, 2.05) is 31.2 Å². The van der Waals surface area contributed by atoms with Crippen LogP contribution in [0.15, 0.2) is 34.8 Å². The summed E-state index contributed by atoms with van der Waals surface area (Å²) in [6.07, 6.45) is 0. The Balaban J connectivity index is 2.19. The number of hydrogen-bond acceptors (Lipinski definition) is 6. The first-order valence-corrected chi connectivity index (χ1v) is 10.6. The summed E-state index contributed by atoms with van der Waals surface area (Å²) >= 11 is 3.64. The van der Waals surface area contributed by atoms with E-state index in [0.29, 0.717) is 23.9 Å². The molecule has 0 bridgehead atoms. The van der Waals surface area contributed by atoms with Gasteiger partial charge >= 0.3 is 0 Å². The van der Waals surface area contributed by atoms with E-state index in [4.69, 9.17) is 18.9 Å². The van der Waals surface area contributed by atoms with E-state index in [0.717, 1.165) is 47.5 Å². The maximum absolute atomic E-state index is 5.99. The van der Waals surface area contributed by atoms with Crippen LogP contribution in [0.2, 0.25) is 0 Å². The van der Waals surface area contributed by atoms with Gasteiger partial charge in [-0.2, -0.15) is 0 Å². The molecule has 29 heavy (non-hydrogen) atoms. The van der Waals surface area contributed by atoms with Crippen LogP contribution in [0.5, 0.6) is 23.0 Å². The molecule has 158 valence electrons. The highest BCUT2D eigenvalue weighted by Gasteiger charge is 2.29. The zero-order valence-corrected chi connectivity index (χ0v) is 19.0. The summed E-state index contributed by atoms with van der Waals surface area (Å²) in [5.41, 5.74) is 2.18. The highest BCUT2D eigenvalue weighted by Crippen LogP contribution is 2.44. The number of hydrogen-bond donors (Lipinski definition) is 1. The monoisotopic (exact) mass is 464 g/mol. The predicted molar refractivity (Wildman–Crippen MR) is 118 cm³/mol. The minimum Gasteiger partial charge on any atom is -0.494 e. The number of piperazine rings is 1. The smallest absolute Gasteiger partial charge is 0.203 e. The Morgan fingerprint density at radius 1 is 0.966 bits per heavy atom. The summed E-state index contributed by atoms with van der Waals surface area (Å²) < 4.78 is 23.8. The summed E-state index contributed by atoms with van der Waals surface area (Å²) in [5.74, 6) is 2.77. The van der Waals surface area contributed by atoms with Gasteiger partial charge < -0.3 is 24.3 Å². The van der Waals surface area contributed by atoms with Crippen LogP contribution in [-0.2, 0) is 0 Å². The van der Waals surface area contributed by atoms with Crippen molar-refractivity contribution in [3.05, 3.63) is 45.9 Å². The van der Waals surface area contributed by atoms with E-state index in [2.05, 4.69) is 32.2 Å². The molecular weight excluding hydrogens is 436 g/mol. The first kappa shape index (κ1) is 21.7. The molecule has 0 amide bonds. The summed E-state index contributed by atoms with van der Waals surface area (Å²) in [6.45, 7) is 6.36. The predicted octanol–water partition coefficient (Wildman–Crippen LogP) is 3.87. The topological polar surface area (TPSA) is 52.2 Å². The average molecular weight is 465 g/mol. The highest BCUT2D eigenvalue weighted by atomic mass is 79.9. The third-order valence-corrected chi connectivity index (χ3v) is 5.58. The van der Waals surface area contributed by atoms with Crippen LogP contribution in [-0.4, -0.2) is 59.0 Å². The second-order valence-electron chi connectivity index (χ2n) is 6.76. The van der Waals surface area contributed by atoms with Gasteiger partial charge in [0, 0.05) is 36.2 Å². The zero-order chi connectivity index (χ0) is 20.8. The molecule has 1 atom stereocenters. The lowest BCUT2D eigenvalue weighted by Gasteiger charge is -2.36. The molecule has 1 unspecified atom stereocenters. The van der Waals surface area contributed by atoms with Crippen LogP contribution in [0.25, 0.3) is 0 Å². The van der Waals surface area contributed by atoms with Crippen molar-refractivity contribution < 1.29 is 18.9 Å². The Kier molecular flexibility index (Phi) is 7.64. The van der Waals surface area contributed by atoms with E-state index in [1.165, 1.54) is 0 Å². The first-order chi connectivity index (χ1) is 14.1. The molecule has 0 radical (unpaired) electrons. The third-order valence-electron chi connectivity index (χ3n) is 5.09. The van der Waals surface area contributed by atoms with Crippen molar-refractivity contribution >= 4 is 15.9 Å². The molecule has 0 aromatic heterocycles. The lowest BCUT2D eigenvalue weighted by molar-refractivity contribution is 0.193. The van der Waals surface area contributed by atoms with Crippen molar-refractivity contribution in [1.82, 2.24) is 10.2 Å². The fraction of sp³-hybridized carbons (Fsp3) is 0.455. The molecule has 7 heteroatoms. The molecule has 0 spiro atoms. The molecule has 0 saturated carbocycles. The minimum absolute atomic E-state index is 0.00939. The van der Waals surface area contributed by atoms with Gasteiger partial charge in [-0.1, -0.05) is 15.9 Å². The molecular formula is C22H29BrN2O4. The number of methoxy groups -OCH3 is 3. The summed E-state index contributed by atoms with van der Waals surface area (Å²) in [5, 5.41) is 3.44. The van der Waals surface area contributed by atoms with Gasteiger partial charge in [-0.15, -0.1) is 0 Å². The van der Waals surface area contributed by atoms with E-state index >= 15 is 0 Å². The van der Waals surface area contributed by atoms with Crippen LogP contribution in [0.1, 0.15) is 24.1 Å². The molecule has 1 fully saturated rings. The molecule has 0 aliphatic carbocycles. The standard InChI is InChI=1S/C22H29BrN2O4/c1-5-29-18-7-6-16(23)14-17(18)21(25-10-8-24-9-11-25)15-12-19(26-2)22(28-4)20(13-15)27-3/h6-7,12-14,21,24H,5,8-11H2,1-4H3. The van der Waals surface area contributed by atoms with Crippen molar-refractivity contribution in [2.45, 2.75) is 13.0 Å². The SMILES string of the molecule is CCOc1ccc(Br)cc1C(c1cc(OC)c(OC)c(OC)c1)N1CCNCC1. The summed E-state index contributed by atoms with van der Waals surface area (Å²) in [7, 11) is 4.91. The van der Waals surface area contributed by atoms with Crippen molar-refractivity contribution in [1.29, 1.82) is 0 Å². The molecule has 1 aliphatic rings. The highest BCUT2D eigenvalue weighted by molar-refractivity contribution is 9.10. The van der Waals surface area contributed by atoms with Gasteiger partial charge in [0.1, 0.15) is 5.75 Å².